The molecule has 2 atom stereocenters. The number of β-lactam (4-membered cyclic amide) rings is 1. The number of carboxylic acids is 1. The van der Waals surface area contributed by atoms with Crippen LogP contribution in [0.4, 0.5) is 0 Å². The first-order chi connectivity index (χ1) is 7.65. The van der Waals surface area contributed by atoms with E-state index in [1.165, 1.54) is 16.7 Å². The van der Waals surface area contributed by atoms with E-state index in [4.69, 9.17) is 5.11 Å². The number of hydrogen-bond acceptors (Lipinski definition) is 4. The van der Waals surface area contributed by atoms with E-state index in [1.54, 1.807) is 11.8 Å². The zero-order valence-corrected chi connectivity index (χ0v) is 10.5. The Morgan fingerprint density at radius 2 is 2.50 bits per heavy atom. The molecule has 0 radical (unpaired) electrons. The molecule has 2 saturated heterocycles. The molecule has 16 heavy (non-hydrogen) atoms. The minimum Gasteiger partial charge on any atom is -0.479 e. The predicted octanol–water partition coefficient (Wildman–Crippen LogP) is 1.38. The Morgan fingerprint density at radius 3 is 3.06 bits per heavy atom. The van der Waals surface area contributed by atoms with Gasteiger partial charge in [0.05, 0.1) is 11.8 Å². The van der Waals surface area contributed by atoms with Crippen molar-refractivity contribution in [1.82, 2.24) is 4.90 Å². The van der Waals surface area contributed by atoms with E-state index in [0.29, 0.717) is 6.42 Å². The summed E-state index contributed by atoms with van der Waals surface area (Å²) in [5, 5.41) is 9.19. The van der Waals surface area contributed by atoms with Crippen LogP contribution >= 0.6 is 23.5 Å². The fraction of sp³-hybridized carbons (Fsp3) is 0.600. The second-order valence-electron chi connectivity index (χ2n) is 3.58. The summed E-state index contributed by atoms with van der Waals surface area (Å²) in [4.78, 5) is 24.7. The van der Waals surface area contributed by atoms with Gasteiger partial charge in [0.15, 0.2) is 6.04 Å². The lowest BCUT2D eigenvalue weighted by molar-refractivity contribution is -0.154. The molecule has 4 nitrogen and oxygen atoms in total. The molecule has 2 fully saturated rings. The summed E-state index contributed by atoms with van der Waals surface area (Å²) < 4.78 is 0. The first kappa shape index (κ1) is 11.9. The van der Waals surface area contributed by atoms with Gasteiger partial charge in [-0.15, -0.1) is 11.8 Å². The minimum atomic E-state index is -0.921. The van der Waals surface area contributed by atoms with Gasteiger partial charge in [0.1, 0.15) is 0 Å². The Kier molecular flexibility index (Phi) is 3.49. The molecule has 2 unspecified atom stereocenters. The van der Waals surface area contributed by atoms with Crippen LogP contribution in [0.3, 0.4) is 0 Å². The SMILES string of the molecule is CCSC/C=C1\SC2CC(=O)N2C1C(=O)O. The van der Waals surface area contributed by atoms with E-state index in [2.05, 4.69) is 6.92 Å². The fourth-order valence-electron chi connectivity index (χ4n) is 1.83. The van der Waals surface area contributed by atoms with Gasteiger partial charge in [-0.2, -0.15) is 11.8 Å². The van der Waals surface area contributed by atoms with Crippen molar-refractivity contribution >= 4 is 35.4 Å². The van der Waals surface area contributed by atoms with Crippen LogP contribution in [0.25, 0.3) is 0 Å². The molecule has 88 valence electrons. The zero-order valence-electron chi connectivity index (χ0n) is 8.88. The van der Waals surface area contributed by atoms with Gasteiger partial charge in [0.25, 0.3) is 0 Å². The van der Waals surface area contributed by atoms with Crippen LogP contribution in [0, 0.1) is 0 Å². The number of aliphatic carboxylic acids is 1. The predicted molar refractivity (Wildman–Crippen MR) is 65.3 cm³/mol. The fourth-order valence-corrected chi connectivity index (χ4v) is 3.88. The summed E-state index contributed by atoms with van der Waals surface area (Å²) in [5.41, 5.74) is 0. The number of fused-ring (bicyclic) bond motifs is 1. The first-order valence-corrected chi connectivity index (χ1v) is 7.17. The average molecular weight is 259 g/mol. The second kappa shape index (κ2) is 4.71. The van der Waals surface area contributed by atoms with Crippen LogP contribution < -0.4 is 0 Å². The highest BCUT2D eigenvalue weighted by Crippen LogP contribution is 2.46. The normalized spacial score (nSPS) is 30.4. The molecule has 0 aromatic heterocycles. The summed E-state index contributed by atoms with van der Waals surface area (Å²) in [6.45, 7) is 2.07. The van der Waals surface area contributed by atoms with Crippen LogP contribution in [0.15, 0.2) is 11.0 Å². The lowest BCUT2D eigenvalue weighted by atomic mass is 10.1. The number of carbonyl (C=O) groups excluding carboxylic acids is 1. The van der Waals surface area contributed by atoms with E-state index in [9.17, 15) is 9.59 Å². The van der Waals surface area contributed by atoms with Gasteiger partial charge in [-0.25, -0.2) is 4.79 Å². The van der Waals surface area contributed by atoms with Crippen molar-refractivity contribution in [2.24, 2.45) is 0 Å². The lowest BCUT2D eigenvalue weighted by Crippen LogP contribution is -2.53. The molecule has 1 amide bonds. The Hall–Kier alpha value is -0.620. The Morgan fingerprint density at radius 1 is 1.75 bits per heavy atom. The number of nitrogens with zero attached hydrogens (tertiary/aromatic N) is 1. The molecule has 1 N–H and O–H groups in total. The van der Waals surface area contributed by atoms with Crippen molar-refractivity contribution < 1.29 is 14.7 Å². The maximum Gasteiger partial charge on any atom is 0.331 e. The third-order valence-corrected chi connectivity index (χ3v) is 4.75. The lowest BCUT2D eigenvalue weighted by Gasteiger charge is -2.35. The van der Waals surface area contributed by atoms with E-state index < -0.39 is 12.0 Å². The third-order valence-electron chi connectivity index (χ3n) is 2.61. The number of amides is 1. The quantitative estimate of drug-likeness (QED) is 0.610. The van der Waals surface area contributed by atoms with Gasteiger partial charge < -0.3 is 10.0 Å². The molecular formula is C10H13NO3S2. The molecule has 0 aromatic carbocycles. The highest BCUT2D eigenvalue weighted by molar-refractivity contribution is 8.04. The molecule has 0 bridgehead atoms. The summed E-state index contributed by atoms with van der Waals surface area (Å²) >= 11 is 3.27. The van der Waals surface area contributed by atoms with Crippen molar-refractivity contribution in [3.63, 3.8) is 0 Å². The third kappa shape index (κ3) is 1.96. The highest BCUT2D eigenvalue weighted by atomic mass is 32.2. The molecule has 2 rings (SSSR count). The van der Waals surface area contributed by atoms with E-state index in [1.807, 2.05) is 6.08 Å². The number of thioether (sulfide) groups is 2. The van der Waals surface area contributed by atoms with Crippen molar-refractivity contribution in [1.29, 1.82) is 0 Å². The molecular weight excluding hydrogens is 246 g/mol. The Balaban J connectivity index is 2.10. The highest BCUT2D eigenvalue weighted by Gasteiger charge is 2.52. The van der Waals surface area contributed by atoms with E-state index >= 15 is 0 Å². The minimum absolute atomic E-state index is 0.0450. The topological polar surface area (TPSA) is 57.6 Å². The number of hydrogen-bond donors (Lipinski definition) is 1. The summed E-state index contributed by atoms with van der Waals surface area (Å²) in [6.07, 6.45) is 2.43. The Labute approximate surface area is 102 Å². The molecule has 0 spiro atoms. The maximum absolute atomic E-state index is 11.3. The van der Waals surface area contributed by atoms with Crippen LogP contribution in [-0.2, 0) is 9.59 Å². The summed E-state index contributed by atoms with van der Waals surface area (Å²) in [5.74, 6) is 0.863. The van der Waals surface area contributed by atoms with Crippen molar-refractivity contribution in [2.75, 3.05) is 11.5 Å². The second-order valence-corrected chi connectivity index (χ2v) is 6.15. The van der Waals surface area contributed by atoms with Crippen LogP contribution in [0.5, 0.6) is 0 Å². The largest absolute Gasteiger partial charge is 0.479 e. The molecule has 6 heteroatoms. The molecule has 2 heterocycles. The van der Waals surface area contributed by atoms with E-state index in [-0.39, 0.29) is 11.3 Å². The molecule has 0 saturated carbocycles. The number of carboxylic acid groups (broad SMARTS) is 1. The van der Waals surface area contributed by atoms with Crippen LogP contribution in [-0.4, -0.2) is 44.8 Å². The van der Waals surface area contributed by atoms with Gasteiger partial charge in [-0.1, -0.05) is 13.0 Å². The molecule has 0 aromatic rings. The van der Waals surface area contributed by atoms with Gasteiger partial charge in [-0.3, -0.25) is 4.79 Å². The number of rotatable bonds is 4. The zero-order chi connectivity index (χ0) is 11.7. The van der Waals surface area contributed by atoms with Crippen LogP contribution in [0.1, 0.15) is 13.3 Å². The standard InChI is InChI=1S/C10H13NO3S2/c1-2-15-4-3-6-9(10(13)14)11-7(12)5-8(11)16-6/h3,8-9H,2,4-5H2,1H3,(H,13,14)/b6-3-. The van der Waals surface area contributed by atoms with Crippen molar-refractivity contribution in [3.05, 3.63) is 11.0 Å². The molecule has 2 aliphatic heterocycles. The van der Waals surface area contributed by atoms with Gasteiger partial charge in [0, 0.05) is 10.7 Å². The molecule has 0 aliphatic carbocycles. The average Bonchev–Trinajstić information content (AvgIpc) is 2.52. The smallest absolute Gasteiger partial charge is 0.331 e. The van der Waals surface area contributed by atoms with Crippen molar-refractivity contribution in [3.8, 4) is 0 Å². The first-order valence-electron chi connectivity index (χ1n) is 5.13. The number of carbonyl (C=O) groups is 2. The molecule has 2 aliphatic rings. The van der Waals surface area contributed by atoms with Crippen LogP contribution in [0.2, 0.25) is 0 Å². The van der Waals surface area contributed by atoms with Gasteiger partial charge in [0.2, 0.25) is 5.91 Å². The monoisotopic (exact) mass is 259 g/mol. The Bertz CT molecular complexity index is 356. The summed E-state index contributed by atoms with van der Waals surface area (Å²) in [6, 6.07) is -0.728. The van der Waals surface area contributed by atoms with Gasteiger partial charge in [-0.05, 0) is 5.75 Å². The van der Waals surface area contributed by atoms with Crippen molar-refractivity contribution in [2.45, 2.75) is 24.8 Å². The van der Waals surface area contributed by atoms with E-state index in [0.717, 1.165) is 16.4 Å². The summed E-state index contributed by atoms with van der Waals surface area (Å²) in [7, 11) is 0. The maximum atomic E-state index is 11.3. The van der Waals surface area contributed by atoms with Gasteiger partial charge >= 0.3 is 5.97 Å².